The maximum atomic E-state index is 13.4. The molecule has 0 spiro atoms. The molecule has 3 aromatic carbocycles. The Labute approximate surface area is 193 Å². The van der Waals surface area contributed by atoms with Gasteiger partial charge in [0.05, 0.1) is 13.2 Å². The van der Waals surface area contributed by atoms with Crippen LogP contribution in [0.1, 0.15) is 35.3 Å². The Bertz CT molecular complexity index is 1100. The van der Waals surface area contributed by atoms with Gasteiger partial charge in [0, 0.05) is 28.0 Å². The Hall–Kier alpha value is -3.31. The summed E-state index contributed by atoms with van der Waals surface area (Å²) in [6, 6.07) is 24.5. The first-order valence-electron chi connectivity index (χ1n) is 10.6. The fourth-order valence-electron chi connectivity index (χ4n) is 4.32. The van der Waals surface area contributed by atoms with Gasteiger partial charge in [-0.15, -0.1) is 0 Å². The lowest BCUT2D eigenvalue weighted by atomic mass is 9.89. The van der Waals surface area contributed by atoms with E-state index in [0.29, 0.717) is 17.0 Å². The normalized spacial score (nSPS) is 17.4. The molecule has 0 N–H and O–H groups in total. The van der Waals surface area contributed by atoms with Gasteiger partial charge in [-0.25, -0.2) is 0 Å². The Balaban J connectivity index is 1.76. The highest BCUT2D eigenvalue weighted by molar-refractivity contribution is 6.30. The van der Waals surface area contributed by atoms with Crippen molar-refractivity contribution in [2.24, 2.45) is 0 Å². The van der Waals surface area contributed by atoms with Gasteiger partial charge in [0.1, 0.15) is 6.54 Å². The summed E-state index contributed by atoms with van der Waals surface area (Å²) < 4.78 is 4.98. The molecule has 5 nitrogen and oxygen atoms in total. The lowest BCUT2D eigenvalue weighted by molar-refractivity contribution is -0.139. The minimum atomic E-state index is -0.307. The highest BCUT2D eigenvalue weighted by Gasteiger charge is 2.37. The van der Waals surface area contributed by atoms with Gasteiger partial charge in [-0.3, -0.25) is 9.59 Å². The number of hydrogen-bond acceptors (Lipinski definition) is 4. The summed E-state index contributed by atoms with van der Waals surface area (Å²) in [5, 5.41) is 0.593. The first kappa shape index (κ1) is 21.9. The van der Waals surface area contributed by atoms with Gasteiger partial charge in [-0.05, 0) is 61.4 Å². The SMILES string of the molecule is COC(=O)CN(c1ccccc1)C1CC(C)N(C(=O)c2ccc(Cl)cc2)c2ccccc21. The molecule has 32 heavy (non-hydrogen) atoms. The number of ether oxygens (including phenoxy) is 1. The summed E-state index contributed by atoms with van der Waals surface area (Å²) in [5.41, 5.74) is 3.37. The standard InChI is InChI=1S/C26H25ClN2O3/c1-18-16-24(28(17-25(30)32-2)21-8-4-3-5-9-21)22-10-6-7-11-23(22)29(18)26(31)19-12-14-20(27)15-13-19/h3-15,18,24H,16-17H2,1-2H3. The lowest BCUT2D eigenvalue weighted by Crippen LogP contribution is -2.47. The van der Waals surface area contributed by atoms with Crippen molar-refractivity contribution in [3.63, 3.8) is 0 Å². The smallest absolute Gasteiger partial charge is 0.325 e. The molecule has 0 fully saturated rings. The van der Waals surface area contributed by atoms with Gasteiger partial charge >= 0.3 is 5.97 Å². The summed E-state index contributed by atoms with van der Waals surface area (Å²) in [5.74, 6) is -0.377. The number of carbonyl (C=O) groups excluding carboxylic acids is 2. The molecule has 2 atom stereocenters. The van der Waals surface area contributed by atoms with Gasteiger partial charge < -0.3 is 14.5 Å². The molecule has 0 saturated heterocycles. The zero-order chi connectivity index (χ0) is 22.7. The number of amides is 1. The number of nitrogens with zero attached hydrogens (tertiary/aromatic N) is 2. The molecule has 0 saturated carbocycles. The molecule has 1 aliphatic rings. The fourth-order valence-corrected chi connectivity index (χ4v) is 4.45. The van der Waals surface area contributed by atoms with Gasteiger partial charge in [-0.1, -0.05) is 48.0 Å². The summed E-state index contributed by atoms with van der Waals surface area (Å²) in [7, 11) is 1.40. The first-order chi connectivity index (χ1) is 15.5. The van der Waals surface area contributed by atoms with E-state index in [0.717, 1.165) is 16.9 Å². The van der Waals surface area contributed by atoms with Crippen LogP contribution >= 0.6 is 11.6 Å². The van der Waals surface area contributed by atoms with Crippen LogP contribution < -0.4 is 9.80 Å². The quantitative estimate of drug-likeness (QED) is 0.483. The molecule has 4 rings (SSSR count). The Morgan fingerprint density at radius 3 is 2.34 bits per heavy atom. The number of rotatable bonds is 5. The number of hydrogen-bond donors (Lipinski definition) is 0. The molecule has 1 aliphatic heterocycles. The van der Waals surface area contributed by atoms with E-state index >= 15 is 0 Å². The van der Waals surface area contributed by atoms with Crippen molar-refractivity contribution in [2.45, 2.75) is 25.4 Å². The predicted molar refractivity (Wildman–Crippen MR) is 127 cm³/mol. The van der Waals surface area contributed by atoms with E-state index in [9.17, 15) is 9.59 Å². The molecule has 0 aromatic heterocycles. The average Bonchev–Trinajstić information content (AvgIpc) is 2.82. The van der Waals surface area contributed by atoms with E-state index in [4.69, 9.17) is 16.3 Å². The van der Waals surface area contributed by atoms with Gasteiger partial charge in [0.2, 0.25) is 0 Å². The van der Waals surface area contributed by atoms with Crippen LogP contribution in [0.3, 0.4) is 0 Å². The number of benzene rings is 3. The predicted octanol–water partition coefficient (Wildman–Crippen LogP) is 5.50. The van der Waals surface area contributed by atoms with E-state index in [-0.39, 0.29) is 30.5 Å². The van der Waals surface area contributed by atoms with E-state index < -0.39 is 0 Å². The third-order valence-electron chi connectivity index (χ3n) is 5.86. The Morgan fingerprint density at radius 2 is 1.66 bits per heavy atom. The zero-order valence-corrected chi connectivity index (χ0v) is 18.8. The first-order valence-corrected chi connectivity index (χ1v) is 10.9. The zero-order valence-electron chi connectivity index (χ0n) is 18.1. The highest BCUT2D eigenvalue weighted by Crippen LogP contribution is 2.42. The second kappa shape index (κ2) is 9.45. The number of halogens is 1. The second-order valence-electron chi connectivity index (χ2n) is 7.88. The van der Waals surface area contributed by atoms with Crippen LogP contribution in [0.5, 0.6) is 0 Å². The summed E-state index contributed by atoms with van der Waals surface area (Å²) in [4.78, 5) is 29.6. The number of esters is 1. The molecule has 3 aromatic rings. The van der Waals surface area contributed by atoms with Crippen molar-refractivity contribution in [1.82, 2.24) is 0 Å². The highest BCUT2D eigenvalue weighted by atomic mass is 35.5. The molecule has 1 heterocycles. The van der Waals surface area contributed by atoms with Crippen LogP contribution in [0.4, 0.5) is 11.4 Å². The number of anilines is 2. The number of fused-ring (bicyclic) bond motifs is 1. The van der Waals surface area contributed by atoms with Crippen molar-refractivity contribution in [3.05, 3.63) is 95.0 Å². The van der Waals surface area contributed by atoms with Crippen molar-refractivity contribution in [1.29, 1.82) is 0 Å². The van der Waals surface area contributed by atoms with Crippen LogP contribution in [-0.4, -0.2) is 31.6 Å². The van der Waals surface area contributed by atoms with Gasteiger partial charge in [0.25, 0.3) is 5.91 Å². The molecule has 0 bridgehead atoms. The Morgan fingerprint density at radius 1 is 1.00 bits per heavy atom. The molecule has 0 radical (unpaired) electrons. The van der Waals surface area contributed by atoms with Crippen molar-refractivity contribution in [2.75, 3.05) is 23.5 Å². The summed E-state index contributed by atoms with van der Waals surface area (Å²) in [6.45, 7) is 2.16. The maximum Gasteiger partial charge on any atom is 0.325 e. The third-order valence-corrected chi connectivity index (χ3v) is 6.11. The molecule has 1 amide bonds. The molecule has 2 unspecified atom stereocenters. The lowest BCUT2D eigenvalue weighted by Gasteiger charge is -2.44. The number of methoxy groups -OCH3 is 1. The van der Waals surface area contributed by atoms with Crippen molar-refractivity contribution >= 4 is 34.9 Å². The minimum Gasteiger partial charge on any atom is -0.468 e. The molecule has 6 heteroatoms. The van der Waals surface area contributed by atoms with E-state index in [2.05, 4.69) is 4.90 Å². The Kier molecular flexibility index (Phi) is 6.47. The molecular formula is C26H25ClN2O3. The van der Waals surface area contributed by atoms with E-state index in [1.165, 1.54) is 7.11 Å². The van der Waals surface area contributed by atoms with E-state index in [1.807, 2.05) is 66.4 Å². The third kappa shape index (κ3) is 4.34. The van der Waals surface area contributed by atoms with Crippen LogP contribution in [0.25, 0.3) is 0 Å². The summed E-state index contributed by atoms with van der Waals surface area (Å²) >= 11 is 6.01. The average molecular weight is 449 g/mol. The van der Waals surface area contributed by atoms with Crippen molar-refractivity contribution < 1.29 is 14.3 Å². The van der Waals surface area contributed by atoms with Crippen LogP contribution in [0.2, 0.25) is 5.02 Å². The molecular weight excluding hydrogens is 424 g/mol. The van der Waals surface area contributed by atoms with Crippen LogP contribution in [-0.2, 0) is 9.53 Å². The van der Waals surface area contributed by atoms with Gasteiger partial charge in [0.15, 0.2) is 0 Å². The van der Waals surface area contributed by atoms with Crippen molar-refractivity contribution in [3.8, 4) is 0 Å². The maximum absolute atomic E-state index is 13.4. The molecule has 0 aliphatic carbocycles. The largest absolute Gasteiger partial charge is 0.468 e. The number of carbonyl (C=O) groups is 2. The monoisotopic (exact) mass is 448 g/mol. The second-order valence-corrected chi connectivity index (χ2v) is 8.32. The fraction of sp³-hybridized carbons (Fsp3) is 0.231. The van der Waals surface area contributed by atoms with Gasteiger partial charge in [-0.2, -0.15) is 0 Å². The van der Waals surface area contributed by atoms with Crippen LogP contribution in [0.15, 0.2) is 78.9 Å². The molecule has 164 valence electrons. The summed E-state index contributed by atoms with van der Waals surface area (Å²) in [6.07, 6.45) is 0.669. The topological polar surface area (TPSA) is 49.9 Å². The van der Waals surface area contributed by atoms with Crippen LogP contribution in [0, 0.1) is 0 Å². The minimum absolute atomic E-state index is 0.0701. The van der Waals surface area contributed by atoms with E-state index in [1.54, 1.807) is 24.3 Å². The number of para-hydroxylation sites is 2.